The zero-order valence-corrected chi connectivity index (χ0v) is 13.5. The van der Waals surface area contributed by atoms with Gasteiger partial charge in [0, 0.05) is 12.1 Å². The monoisotopic (exact) mass is 312 g/mol. The van der Waals surface area contributed by atoms with Gasteiger partial charge in [0.25, 0.3) is 0 Å². The molecule has 2 aromatic carbocycles. The topological polar surface area (TPSA) is 44.1 Å². The summed E-state index contributed by atoms with van der Waals surface area (Å²) >= 11 is 0. The Kier molecular flexibility index (Phi) is 5.84. The zero-order chi connectivity index (χ0) is 16.7. The number of rotatable bonds is 7. The summed E-state index contributed by atoms with van der Waals surface area (Å²) in [6.45, 7) is 7.91. The first-order valence-electron chi connectivity index (χ1n) is 7.17. The summed E-state index contributed by atoms with van der Waals surface area (Å²) in [5, 5.41) is 3.23. The van der Waals surface area contributed by atoms with Gasteiger partial charge in [-0.2, -0.15) is 0 Å². The van der Waals surface area contributed by atoms with Crippen LogP contribution in [0.15, 0.2) is 42.5 Å². The summed E-state index contributed by atoms with van der Waals surface area (Å²) in [7, 11) is 4.83. The molecule has 0 amide bonds. The molecule has 0 saturated heterocycles. The van der Waals surface area contributed by atoms with Crippen molar-refractivity contribution in [3.63, 3.8) is 0 Å². The molecular weight excluding hydrogens is 292 g/mol. The SMILES string of the molecule is [C-]#[N+]C(NCc1cccc(OC)c1OC)c1ccc(OC)cc1. The summed E-state index contributed by atoms with van der Waals surface area (Å²) < 4.78 is 15.8. The van der Waals surface area contributed by atoms with Crippen molar-refractivity contribution in [2.24, 2.45) is 0 Å². The van der Waals surface area contributed by atoms with Gasteiger partial charge in [-0.05, 0) is 30.3 Å². The third kappa shape index (κ3) is 3.93. The maximum Gasteiger partial charge on any atom is 0.303 e. The van der Waals surface area contributed by atoms with Crippen LogP contribution in [-0.2, 0) is 6.54 Å². The molecule has 0 aromatic heterocycles. The fourth-order valence-corrected chi connectivity index (χ4v) is 2.32. The summed E-state index contributed by atoms with van der Waals surface area (Å²) in [5.74, 6) is 2.13. The van der Waals surface area contributed by atoms with E-state index in [4.69, 9.17) is 20.8 Å². The number of nitrogens with zero attached hydrogens (tertiary/aromatic N) is 1. The Morgan fingerprint density at radius 1 is 1.00 bits per heavy atom. The van der Waals surface area contributed by atoms with Crippen LogP contribution in [0.2, 0.25) is 0 Å². The molecule has 0 aliphatic rings. The van der Waals surface area contributed by atoms with E-state index in [2.05, 4.69) is 10.2 Å². The van der Waals surface area contributed by atoms with Crippen molar-refractivity contribution in [3.05, 3.63) is 65.0 Å². The minimum absolute atomic E-state index is 0.434. The molecule has 0 aliphatic carbocycles. The minimum atomic E-state index is -0.434. The predicted molar refractivity (Wildman–Crippen MR) is 88.7 cm³/mol. The lowest BCUT2D eigenvalue weighted by molar-refractivity contribution is 0.350. The van der Waals surface area contributed by atoms with Gasteiger partial charge < -0.3 is 14.2 Å². The van der Waals surface area contributed by atoms with Crippen LogP contribution in [-0.4, -0.2) is 21.3 Å². The second-order valence-corrected chi connectivity index (χ2v) is 4.84. The molecular formula is C18H20N2O3. The molecule has 1 atom stereocenters. The van der Waals surface area contributed by atoms with Gasteiger partial charge in [-0.25, -0.2) is 11.9 Å². The molecule has 0 saturated carbocycles. The Labute approximate surface area is 136 Å². The number of benzene rings is 2. The molecule has 0 heterocycles. The van der Waals surface area contributed by atoms with Crippen molar-refractivity contribution >= 4 is 0 Å². The van der Waals surface area contributed by atoms with E-state index >= 15 is 0 Å². The Morgan fingerprint density at radius 3 is 2.30 bits per heavy atom. The smallest absolute Gasteiger partial charge is 0.303 e. The molecule has 0 radical (unpaired) electrons. The van der Waals surface area contributed by atoms with Gasteiger partial charge in [-0.3, -0.25) is 4.85 Å². The molecule has 2 aromatic rings. The average Bonchev–Trinajstić information content (AvgIpc) is 2.62. The Morgan fingerprint density at radius 2 is 1.74 bits per heavy atom. The number of ether oxygens (including phenoxy) is 3. The van der Waals surface area contributed by atoms with E-state index in [1.54, 1.807) is 21.3 Å². The summed E-state index contributed by atoms with van der Waals surface area (Å²) in [5.41, 5.74) is 1.83. The van der Waals surface area contributed by atoms with E-state index in [1.807, 2.05) is 42.5 Å². The van der Waals surface area contributed by atoms with Crippen molar-refractivity contribution in [1.29, 1.82) is 0 Å². The number of nitrogens with one attached hydrogen (secondary N) is 1. The Balaban J connectivity index is 2.13. The van der Waals surface area contributed by atoms with Gasteiger partial charge >= 0.3 is 6.17 Å². The van der Waals surface area contributed by atoms with Crippen molar-refractivity contribution in [2.75, 3.05) is 21.3 Å². The van der Waals surface area contributed by atoms with Crippen LogP contribution in [0.4, 0.5) is 0 Å². The first-order valence-corrected chi connectivity index (χ1v) is 7.17. The highest BCUT2D eigenvalue weighted by atomic mass is 16.5. The normalized spacial score (nSPS) is 11.4. The number of hydrogen-bond acceptors (Lipinski definition) is 4. The second-order valence-electron chi connectivity index (χ2n) is 4.84. The zero-order valence-electron chi connectivity index (χ0n) is 13.5. The fourth-order valence-electron chi connectivity index (χ4n) is 2.32. The van der Waals surface area contributed by atoms with Crippen molar-refractivity contribution in [2.45, 2.75) is 12.7 Å². The van der Waals surface area contributed by atoms with Crippen LogP contribution in [0.3, 0.4) is 0 Å². The maximum atomic E-state index is 7.41. The molecule has 0 spiro atoms. The maximum absolute atomic E-state index is 7.41. The number of hydrogen-bond donors (Lipinski definition) is 1. The number of para-hydroxylation sites is 1. The van der Waals surface area contributed by atoms with Crippen LogP contribution in [0.1, 0.15) is 17.3 Å². The van der Waals surface area contributed by atoms with Crippen molar-refractivity contribution in [1.82, 2.24) is 5.32 Å². The van der Waals surface area contributed by atoms with E-state index < -0.39 is 6.17 Å². The first-order chi connectivity index (χ1) is 11.2. The molecule has 23 heavy (non-hydrogen) atoms. The molecule has 2 rings (SSSR count). The highest BCUT2D eigenvalue weighted by Gasteiger charge is 2.17. The second kappa shape index (κ2) is 8.06. The molecule has 0 fully saturated rings. The van der Waals surface area contributed by atoms with Crippen LogP contribution >= 0.6 is 0 Å². The van der Waals surface area contributed by atoms with E-state index in [1.165, 1.54) is 0 Å². The van der Waals surface area contributed by atoms with Crippen molar-refractivity contribution in [3.8, 4) is 17.2 Å². The average molecular weight is 312 g/mol. The lowest BCUT2D eigenvalue weighted by atomic mass is 10.1. The van der Waals surface area contributed by atoms with Gasteiger partial charge in [0.2, 0.25) is 0 Å². The van der Waals surface area contributed by atoms with E-state index in [9.17, 15) is 0 Å². The van der Waals surface area contributed by atoms with Crippen LogP contribution in [0, 0.1) is 6.57 Å². The third-order valence-electron chi connectivity index (χ3n) is 3.53. The van der Waals surface area contributed by atoms with Crippen LogP contribution in [0.5, 0.6) is 17.2 Å². The Hall–Kier alpha value is -2.71. The van der Waals surface area contributed by atoms with Crippen LogP contribution < -0.4 is 19.5 Å². The quantitative estimate of drug-likeness (QED) is 0.796. The molecule has 0 aliphatic heterocycles. The third-order valence-corrected chi connectivity index (χ3v) is 3.53. The summed E-state index contributed by atoms with van der Waals surface area (Å²) in [6.07, 6.45) is -0.434. The van der Waals surface area contributed by atoms with Crippen molar-refractivity contribution < 1.29 is 14.2 Å². The molecule has 120 valence electrons. The van der Waals surface area contributed by atoms with Gasteiger partial charge in [-0.1, -0.05) is 12.1 Å². The van der Waals surface area contributed by atoms with E-state index in [0.29, 0.717) is 18.0 Å². The summed E-state index contributed by atoms with van der Waals surface area (Å²) in [4.78, 5) is 3.65. The minimum Gasteiger partial charge on any atom is -0.497 e. The highest BCUT2D eigenvalue weighted by molar-refractivity contribution is 5.46. The molecule has 5 nitrogen and oxygen atoms in total. The van der Waals surface area contributed by atoms with Gasteiger partial charge in [0.05, 0.1) is 26.9 Å². The fraction of sp³-hybridized carbons (Fsp3) is 0.278. The Bertz CT molecular complexity index is 678. The lowest BCUT2D eigenvalue weighted by Crippen LogP contribution is -2.18. The molecule has 0 bridgehead atoms. The van der Waals surface area contributed by atoms with Gasteiger partial charge in [0.15, 0.2) is 11.5 Å². The van der Waals surface area contributed by atoms with Gasteiger partial charge in [0.1, 0.15) is 5.75 Å². The van der Waals surface area contributed by atoms with Crippen LogP contribution in [0.25, 0.3) is 4.85 Å². The lowest BCUT2D eigenvalue weighted by Gasteiger charge is -2.14. The predicted octanol–water partition coefficient (Wildman–Crippen LogP) is 3.42. The molecule has 1 N–H and O–H groups in total. The van der Waals surface area contributed by atoms with E-state index in [-0.39, 0.29) is 0 Å². The van der Waals surface area contributed by atoms with E-state index in [0.717, 1.165) is 16.9 Å². The molecule has 5 heteroatoms. The first kappa shape index (κ1) is 16.7. The molecule has 1 unspecified atom stereocenters. The highest BCUT2D eigenvalue weighted by Crippen LogP contribution is 2.31. The van der Waals surface area contributed by atoms with Gasteiger partial charge in [-0.15, -0.1) is 0 Å². The largest absolute Gasteiger partial charge is 0.497 e. The number of methoxy groups -OCH3 is 3. The standard InChI is InChI=1S/C18H20N2O3/c1-19-18(13-8-10-15(21-2)11-9-13)20-12-14-6-5-7-16(22-3)17(14)23-4/h5-11,18,20H,12H2,2-4H3. The summed E-state index contributed by atoms with van der Waals surface area (Å²) in [6, 6.07) is 13.2.